The summed E-state index contributed by atoms with van der Waals surface area (Å²) < 4.78 is 2.12. The van der Waals surface area contributed by atoms with Crippen molar-refractivity contribution in [2.75, 3.05) is 0 Å². The summed E-state index contributed by atoms with van der Waals surface area (Å²) in [4.78, 5) is 0. The highest BCUT2D eigenvalue weighted by molar-refractivity contribution is 6.17. The Kier molecular flexibility index (Phi) is 5.03. The normalized spacial score (nSPS) is 11.2. The largest absolute Gasteiger partial charge is 0.269 e. The van der Waals surface area contributed by atoms with Gasteiger partial charge in [-0.1, -0.05) is 44.2 Å². The summed E-state index contributed by atoms with van der Waals surface area (Å²) in [6.45, 7) is 5.35. The van der Waals surface area contributed by atoms with Crippen molar-refractivity contribution >= 4 is 11.6 Å². The lowest BCUT2D eigenvalue weighted by molar-refractivity contribution is 0.539. The number of benzene rings is 1. The van der Waals surface area contributed by atoms with Crippen LogP contribution in [0.3, 0.4) is 0 Å². The van der Waals surface area contributed by atoms with Crippen LogP contribution in [0.4, 0.5) is 0 Å². The zero-order chi connectivity index (χ0) is 13.7. The predicted octanol–water partition coefficient (Wildman–Crippen LogP) is 4.38. The van der Waals surface area contributed by atoms with Gasteiger partial charge < -0.3 is 0 Å². The van der Waals surface area contributed by atoms with E-state index >= 15 is 0 Å². The summed E-state index contributed by atoms with van der Waals surface area (Å²) in [7, 11) is 0. The lowest BCUT2D eigenvalue weighted by Crippen LogP contribution is -2.08. The van der Waals surface area contributed by atoms with Gasteiger partial charge in [-0.15, -0.1) is 11.6 Å². The van der Waals surface area contributed by atoms with Crippen molar-refractivity contribution in [2.45, 2.75) is 45.0 Å². The van der Waals surface area contributed by atoms with Gasteiger partial charge in [0.25, 0.3) is 0 Å². The minimum atomic E-state index is 0.466. The molecule has 2 aromatic rings. The van der Waals surface area contributed by atoms with Gasteiger partial charge in [-0.2, -0.15) is 5.10 Å². The van der Waals surface area contributed by atoms with Crippen molar-refractivity contribution in [3.8, 4) is 0 Å². The Morgan fingerprint density at radius 1 is 1.21 bits per heavy atom. The monoisotopic (exact) mass is 276 g/mol. The highest BCUT2D eigenvalue weighted by Crippen LogP contribution is 2.21. The van der Waals surface area contributed by atoms with E-state index in [-0.39, 0.29) is 0 Å². The van der Waals surface area contributed by atoms with Gasteiger partial charge in [-0.3, -0.25) is 4.68 Å². The maximum Gasteiger partial charge on any atom is 0.0536 e. The molecule has 0 N–H and O–H groups in total. The van der Waals surface area contributed by atoms with Gasteiger partial charge >= 0.3 is 0 Å². The molecule has 1 heterocycles. The van der Waals surface area contributed by atoms with Crippen molar-refractivity contribution in [3.05, 3.63) is 53.3 Å². The van der Waals surface area contributed by atoms with Gasteiger partial charge in [0, 0.05) is 17.8 Å². The van der Waals surface area contributed by atoms with Crippen LogP contribution in [0.1, 0.15) is 43.0 Å². The van der Waals surface area contributed by atoms with Gasteiger partial charge in [-0.25, -0.2) is 0 Å². The van der Waals surface area contributed by atoms with Gasteiger partial charge in [0.1, 0.15) is 0 Å². The fourth-order valence-corrected chi connectivity index (χ4v) is 2.67. The first kappa shape index (κ1) is 14.1. The Bertz CT molecular complexity index is 503. The molecule has 0 saturated carbocycles. The maximum absolute atomic E-state index is 5.97. The van der Waals surface area contributed by atoms with E-state index in [9.17, 15) is 0 Å². The van der Waals surface area contributed by atoms with Crippen molar-refractivity contribution in [2.24, 2.45) is 0 Å². The van der Waals surface area contributed by atoms with E-state index in [0.717, 1.165) is 24.9 Å². The average Bonchev–Trinajstić information content (AvgIpc) is 2.83. The van der Waals surface area contributed by atoms with Gasteiger partial charge in [0.2, 0.25) is 0 Å². The van der Waals surface area contributed by atoms with E-state index in [1.165, 1.54) is 11.3 Å². The molecule has 0 amide bonds. The molecule has 0 aliphatic heterocycles. The number of aryl methyl sites for hydroxylation is 2. The Morgan fingerprint density at radius 2 is 1.95 bits per heavy atom. The fraction of sp³-hybridized carbons (Fsp3) is 0.438. The summed E-state index contributed by atoms with van der Waals surface area (Å²) in [5.41, 5.74) is 3.83. The molecule has 2 rings (SSSR count). The Balaban J connectivity index is 1.98. The Morgan fingerprint density at radius 3 is 2.58 bits per heavy atom. The second kappa shape index (κ2) is 6.76. The van der Waals surface area contributed by atoms with Gasteiger partial charge in [-0.05, 0) is 24.3 Å². The van der Waals surface area contributed by atoms with Crippen molar-refractivity contribution < 1.29 is 0 Å². The van der Waals surface area contributed by atoms with Crippen LogP contribution in [0.5, 0.6) is 0 Å². The molecule has 2 nitrogen and oxygen atoms in total. The molecule has 0 aliphatic carbocycles. The molecule has 1 aromatic heterocycles. The Hall–Kier alpha value is -1.28. The Labute approximate surface area is 120 Å². The van der Waals surface area contributed by atoms with E-state index in [2.05, 4.69) is 54.0 Å². The summed E-state index contributed by atoms with van der Waals surface area (Å²) >= 11 is 5.97. The molecule has 0 bridgehead atoms. The molecule has 3 heteroatoms. The molecule has 0 unspecified atom stereocenters. The number of rotatable bonds is 6. The van der Waals surface area contributed by atoms with E-state index in [4.69, 9.17) is 11.6 Å². The molecule has 102 valence electrons. The van der Waals surface area contributed by atoms with Crippen LogP contribution in [0.2, 0.25) is 0 Å². The second-order valence-electron chi connectivity index (χ2n) is 5.16. The van der Waals surface area contributed by atoms with Crippen molar-refractivity contribution in [1.29, 1.82) is 0 Å². The highest BCUT2D eigenvalue weighted by Gasteiger charge is 2.13. The average molecular weight is 277 g/mol. The van der Waals surface area contributed by atoms with Crippen LogP contribution >= 0.6 is 11.6 Å². The molecule has 0 spiro atoms. The second-order valence-corrected chi connectivity index (χ2v) is 5.42. The first-order chi connectivity index (χ1) is 9.22. The zero-order valence-corrected chi connectivity index (χ0v) is 12.4. The first-order valence-electron chi connectivity index (χ1n) is 6.87. The van der Waals surface area contributed by atoms with Crippen molar-refractivity contribution in [1.82, 2.24) is 9.78 Å². The molecule has 0 aliphatic rings. The number of hydrogen-bond donors (Lipinski definition) is 0. The third-order valence-corrected chi connectivity index (χ3v) is 3.62. The molecular formula is C16H21ClN2. The summed E-state index contributed by atoms with van der Waals surface area (Å²) in [6.07, 6.45) is 4.10. The molecule has 0 atom stereocenters. The van der Waals surface area contributed by atoms with Crippen LogP contribution in [0, 0.1) is 0 Å². The molecule has 1 aromatic carbocycles. The van der Waals surface area contributed by atoms with Crippen LogP contribution in [-0.4, -0.2) is 9.78 Å². The quantitative estimate of drug-likeness (QED) is 0.716. The minimum Gasteiger partial charge on any atom is -0.269 e. The SMILES string of the molecule is CC(C)c1c(CCl)cnn1CCCc1ccccc1. The van der Waals surface area contributed by atoms with Gasteiger partial charge in [0.05, 0.1) is 12.1 Å². The molecule has 19 heavy (non-hydrogen) atoms. The number of alkyl halides is 1. The first-order valence-corrected chi connectivity index (χ1v) is 7.40. The van der Waals surface area contributed by atoms with E-state index in [1.807, 2.05) is 6.20 Å². The number of hydrogen-bond acceptors (Lipinski definition) is 1. The smallest absolute Gasteiger partial charge is 0.0536 e. The number of halogens is 1. The molecule has 0 saturated heterocycles. The lowest BCUT2D eigenvalue weighted by Gasteiger charge is -2.12. The molecule has 0 radical (unpaired) electrons. The fourth-order valence-electron chi connectivity index (χ4n) is 2.46. The van der Waals surface area contributed by atoms with E-state index in [0.29, 0.717) is 11.8 Å². The third kappa shape index (κ3) is 3.60. The summed E-state index contributed by atoms with van der Waals surface area (Å²) in [5.74, 6) is 1.01. The molecule has 0 fully saturated rings. The van der Waals surface area contributed by atoms with Crippen LogP contribution in [0.25, 0.3) is 0 Å². The van der Waals surface area contributed by atoms with Gasteiger partial charge in [0.15, 0.2) is 0 Å². The predicted molar refractivity (Wildman–Crippen MR) is 80.6 cm³/mol. The number of nitrogens with zero attached hydrogens (tertiary/aromatic N) is 2. The topological polar surface area (TPSA) is 17.8 Å². The van der Waals surface area contributed by atoms with Crippen molar-refractivity contribution in [3.63, 3.8) is 0 Å². The summed E-state index contributed by atoms with van der Waals surface area (Å²) in [6, 6.07) is 10.6. The van der Waals surface area contributed by atoms with E-state index in [1.54, 1.807) is 0 Å². The maximum atomic E-state index is 5.97. The standard InChI is InChI=1S/C16H21ClN2/c1-13(2)16-15(11-17)12-18-19(16)10-6-9-14-7-4-3-5-8-14/h3-5,7-8,12-13H,6,9-11H2,1-2H3. The van der Waals surface area contributed by atoms with Crippen LogP contribution in [0.15, 0.2) is 36.5 Å². The van der Waals surface area contributed by atoms with Crippen LogP contribution < -0.4 is 0 Å². The lowest BCUT2D eigenvalue weighted by atomic mass is 10.1. The van der Waals surface area contributed by atoms with Crippen LogP contribution in [-0.2, 0) is 18.8 Å². The highest BCUT2D eigenvalue weighted by atomic mass is 35.5. The minimum absolute atomic E-state index is 0.466. The molecular weight excluding hydrogens is 256 g/mol. The number of aromatic nitrogens is 2. The zero-order valence-electron chi connectivity index (χ0n) is 11.6. The third-order valence-electron chi connectivity index (χ3n) is 3.33. The summed E-state index contributed by atoms with van der Waals surface area (Å²) in [5, 5.41) is 4.47. The van der Waals surface area contributed by atoms with E-state index < -0.39 is 0 Å².